The van der Waals surface area contributed by atoms with Gasteiger partial charge in [0.15, 0.2) is 0 Å². The molecule has 0 fully saturated rings. The van der Waals surface area contributed by atoms with Gasteiger partial charge in [-0.1, -0.05) is 137 Å². The van der Waals surface area contributed by atoms with Crippen molar-refractivity contribution in [2.75, 3.05) is 0 Å². The van der Waals surface area contributed by atoms with Crippen molar-refractivity contribution in [2.24, 2.45) is 0 Å². The maximum Gasteiger partial charge on any atom is 0.00929 e. The summed E-state index contributed by atoms with van der Waals surface area (Å²) >= 11 is 0. The number of benzene rings is 3. The lowest BCUT2D eigenvalue weighted by molar-refractivity contribution is 0.554. The summed E-state index contributed by atoms with van der Waals surface area (Å²) in [7, 11) is 1.26. The van der Waals surface area contributed by atoms with Gasteiger partial charge in [-0.3, -0.25) is 0 Å². The highest BCUT2D eigenvalue weighted by Crippen LogP contribution is 2.35. The molecule has 168 valence electrons. The predicted octanol–water partition coefficient (Wildman–Crippen LogP) is 8.67. The lowest BCUT2D eigenvalue weighted by atomic mass is 9.75. The Kier molecular flexibility index (Phi) is 6.88. The third kappa shape index (κ3) is 5.79. The second kappa shape index (κ2) is 8.99. The van der Waals surface area contributed by atoms with Gasteiger partial charge in [-0.25, -0.2) is 0 Å². The lowest BCUT2D eigenvalue weighted by Crippen LogP contribution is -2.29. The molecule has 0 aliphatic rings. The van der Waals surface area contributed by atoms with Gasteiger partial charge in [0.05, 0.1) is 0 Å². The zero-order valence-corrected chi connectivity index (χ0v) is 22.3. The SMILES string of the molecule is CC(C)(C)c1cc(C(C)(C)C)c(P=Cc2ccc(-c3ccccc3)cc2)c(C(C)(C)C)c1. The first-order valence-corrected chi connectivity index (χ1v) is 12.6. The molecule has 0 aliphatic heterocycles. The Morgan fingerprint density at radius 1 is 0.562 bits per heavy atom. The maximum absolute atomic E-state index is 2.46. The predicted molar refractivity (Wildman–Crippen MR) is 146 cm³/mol. The molecular formula is C31H39P. The molecule has 0 N–H and O–H groups in total. The van der Waals surface area contributed by atoms with Gasteiger partial charge in [0, 0.05) is 5.30 Å². The van der Waals surface area contributed by atoms with E-state index in [2.05, 4.69) is 135 Å². The zero-order valence-electron chi connectivity index (χ0n) is 21.4. The summed E-state index contributed by atoms with van der Waals surface area (Å²) in [5.41, 5.74) is 8.47. The molecule has 3 rings (SSSR count). The van der Waals surface area contributed by atoms with Gasteiger partial charge in [-0.15, -0.1) is 0 Å². The monoisotopic (exact) mass is 442 g/mol. The van der Waals surface area contributed by atoms with Crippen LogP contribution in [0.25, 0.3) is 11.1 Å². The Morgan fingerprint density at radius 2 is 1.03 bits per heavy atom. The van der Waals surface area contributed by atoms with Crippen LogP contribution in [0.2, 0.25) is 0 Å². The van der Waals surface area contributed by atoms with E-state index in [0.717, 1.165) is 0 Å². The molecule has 0 amide bonds. The second-order valence-electron chi connectivity index (χ2n) is 11.9. The zero-order chi connectivity index (χ0) is 23.7. The summed E-state index contributed by atoms with van der Waals surface area (Å²) < 4.78 is 0. The largest absolute Gasteiger partial charge is 0.0672 e. The standard InChI is InChI=1S/C31H39P/c1-29(2,3)25-19-26(30(4,5)6)28(27(20-25)31(7,8)9)32-21-22-15-17-24(18-16-22)23-13-11-10-12-14-23/h10-21H,1-9H3. The van der Waals surface area contributed by atoms with E-state index in [1.54, 1.807) is 0 Å². The topological polar surface area (TPSA) is 0 Å². The molecule has 0 aliphatic carbocycles. The molecule has 0 saturated carbocycles. The first-order valence-electron chi connectivity index (χ1n) is 11.7. The molecule has 0 spiro atoms. The average molecular weight is 443 g/mol. The second-order valence-corrected chi connectivity index (χ2v) is 12.9. The Balaban J connectivity index is 2.09. The molecule has 0 nitrogen and oxygen atoms in total. The van der Waals surface area contributed by atoms with E-state index in [4.69, 9.17) is 0 Å². The van der Waals surface area contributed by atoms with Crippen LogP contribution in [0.1, 0.15) is 84.6 Å². The highest BCUT2D eigenvalue weighted by atomic mass is 31.1. The Bertz CT molecular complexity index is 1050. The molecule has 0 bridgehead atoms. The third-order valence-electron chi connectivity index (χ3n) is 5.95. The maximum atomic E-state index is 2.46. The molecular weight excluding hydrogens is 403 g/mol. The van der Waals surface area contributed by atoms with E-state index in [9.17, 15) is 0 Å². The van der Waals surface area contributed by atoms with Crippen molar-refractivity contribution in [2.45, 2.75) is 78.6 Å². The lowest BCUT2D eigenvalue weighted by Gasteiger charge is -2.32. The van der Waals surface area contributed by atoms with Crippen molar-refractivity contribution in [1.82, 2.24) is 0 Å². The van der Waals surface area contributed by atoms with Gasteiger partial charge in [0.1, 0.15) is 0 Å². The molecule has 0 radical (unpaired) electrons. The van der Waals surface area contributed by atoms with Crippen molar-refractivity contribution in [1.29, 1.82) is 0 Å². The molecule has 3 aromatic rings. The smallest absolute Gasteiger partial charge is 0.00929 e. The van der Waals surface area contributed by atoms with Crippen molar-refractivity contribution in [3.05, 3.63) is 89.0 Å². The molecule has 0 aromatic heterocycles. The van der Waals surface area contributed by atoms with E-state index < -0.39 is 0 Å². The minimum Gasteiger partial charge on any atom is -0.0672 e. The molecule has 0 saturated heterocycles. The molecule has 0 unspecified atom stereocenters. The van der Waals surface area contributed by atoms with Crippen molar-refractivity contribution in [3.8, 4) is 11.1 Å². The van der Waals surface area contributed by atoms with Crippen LogP contribution in [-0.2, 0) is 16.2 Å². The number of hydrogen-bond acceptors (Lipinski definition) is 0. The molecule has 32 heavy (non-hydrogen) atoms. The Labute approximate surface area is 197 Å². The van der Waals surface area contributed by atoms with Crippen LogP contribution in [-0.4, -0.2) is 5.80 Å². The van der Waals surface area contributed by atoms with Crippen LogP contribution in [0.4, 0.5) is 0 Å². The summed E-state index contributed by atoms with van der Waals surface area (Å²) in [6, 6.07) is 24.5. The van der Waals surface area contributed by atoms with E-state index in [1.807, 2.05) is 0 Å². The van der Waals surface area contributed by atoms with E-state index in [0.29, 0.717) is 0 Å². The van der Waals surface area contributed by atoms with Crippen molar-refractivity contribution < 1.29 is 0 Å². The minimum atomic E-state index is 0.0919. The fraction of sp³-hybridized carbons (Fsp3) is 0.387. The van der Waals surface area contributed by atoms with Gasteiger partial charge >= 0.3 is 0 Å². The van der Waals surface area contributed by atoms with E-state index in [1.165, 1.54) is 46.9 Å². The summed E-state index contributed by atoms with van der Waals surface area (Å²) in [4.78, 5) is 0. The van der Waals surface area contributed by atoms with E-state index in [-0.39, 0.29) is 16.2 Å². The fourth-order valence-electron chi connectivity index (χ4n) is 3.88. The van der Waals surface area contributed by atoms with Crippen LogP contribution < -0.4 is 5.30 Å². The van der Waals surface area contributed by atoms with Crippen molar-refractivity contribution in [3.63, 3.8) is 0 Å². The molecule has 3 aromatic carbocycles. The van der Waals surface area contributed by atoms with Gasteiger partial charge < -0.3 is 0 Å². The number of hydrogen-bond donors (Lipinski definition) is 0. The third-order valence-corrected chi connectivity index (χ3v) is 7.12. The van der Waals surface area contributed by atoms with Crippen LogP contribution in [0.3, 0.4) is 0 Å². The van der Waals surface area contributed by atoms with E-state index >= 15 is 0 Å². The van der Waals surface area contributed by atoms with Gasteiger partial charge in [0.25, 0.3) is 0 Å². The van der Waals surface area contributed by atoms with Crippen LogP contribution in [0.5, 0.6) is 0 Å². The average Bonchev–Trinajstić information content (AvgIpc) is 2.70. The van der Waals surface area contributed by atoms with Gasteiger partial charge in [-0.05, 0) is 55.4 Å². The first-order chi connectivity index (χ1) is 14.8. The number of rotatable bonds is 3. The summed E-state index contributed by atoms with van der Waals surface area (Å²) in [6.07, 6.45) is 0. The highest BCUT2D eigenvalue weighted by molar-refractivity contribution is 7.48. The normalized spacial score (nSPS) is 13.0. The first kappa shape index (κ1) is 24.5. The Morgan fingerprint density at radius 3 is 1.47 bits per heavy atom. The van der Waals surface area contributed by atoms with Crippen LogP contribution in [0, 0.1) is 0 Å². The van der Waals surface area contributed by atoms with Crippen LogP contribution in [0.15, 0.2) is 66.7 Å². The summed E-state index contributed by atoms with van der Waals surface area (Å²) in [6.45, 7) is 21.0. The summed E-state index contributed by atoms with van der Waals surface area (Å²) in [5, 5.41) is 1.46. The van der Waals surface area contributed by atoms with Gasteiger partial charge in [0.2, 0.25) is 0 Å². The fourth-order valence-corrected chi connectivity index (χ4v) is 5.41. The van der Waals surface area contributed by atoms with Crippen molar-refractivity contribution >= 4 is 19.3 Å². The molecule has 1 heteroatoms. The summed E-state index contributed by atoms with van der Waals surface area (Å²) in [5.74, 6) is 2.37. The Hall–Kier alpha value is -2.17. The quantitative estimate of drug-likeness (QED) is 0.356. The van der Waals surface area contributed by atoms with Crippen LogP contribution >= 0.6 is 8.20 Å². The molecule has 0 heterocycles. The minimum absolute atomic E-state index is 0.0919. The highest BCUT2D eigenvalue weighted by Gasteiger charge is 2.28. The molecule has 0 atom stereocenters. The van der Waals surface area contributed by atoms with Gasteiger partial charge in [-0.2, -0.15) is 0 Å².